The highest BCUT2D eigenvalue weighted by Gasteiger charge is 2.16. The van der Waals surface area contributed by atoms with E-state index in [1.54, 1.807) is 18.2 Å². The van der Waals surface area contributed by atoms with Gasteiger partial charge in [-0.1, -0.05) is 62.4 Å². The van der Waals surface area contributed by atoms with Crippen molar-refractivity contribution in [3.8, 4) is 11.4 Å². The lowest BCUT2D eigenvalue weighted by molar-refractivity contribution is 0.396. The van der Waals surface area contributed by atoms with Crippen LogP contribution in [0.3, 0.4) is 0 Å². The van der Waals surface area contributed by atoms with Crippen molar-refractivity contribution in [2.75, 3.05) is 0 Å². The number of allylic oxidation sites excluding steroid dienone is 4. The molecular formula is C23H22N2O2. The van der Waals surface area contributed by atoms with E-state index in [0.29, 0.717) is 23.5 Å². The summed E-state index contributed by atoms with van der Waals surface area (Å²) in [5, 5.41) is 21.0. The Kier molecular flexibility index (Phi) is 5.67. The van der Waals surface area contributed by atoms with Crippen molar-refractivity contribution in [2.24, 2.45) is 0 Å². The van der Waals surface area contributed by atoms with E-state index in [4.69, 9.17) is 4.98 Å². The number of aliphatic hydroxyl groups is 2. The van der Waals surface area contributed by atoms with Crippen molar-refractivity contribution in [1.29, 1.82) is 0 Å². The maximum Gasteiger partial charge on any atom is 0.160 e. The molecule has 1 aliphatic rings. The van der Waals surface area contributed by atoms with Gasteiger partial charge in [0.2, 0.25) is 0 Å². The highest BCUT2D eigenvalue weighted by molar-refractivity contribution is 5.94. The van der Waals surface area contributed by atoms with Gasteiger partial charge in [0.05, 0.1) is 17.0 Å². The highest BCUT2D eigenvalue weighted by atomic mass is 16.3. The summed E-state index contributed by atoms with van der Waals surface area (Å²) in [7, 11) is 0. The number of aromatic nitrogens is 2. The first-order chi connectivity index (χ1) is 13.2. The summed E-state index contributed by atoms with van der Waals surface area (Å²) in [4.78, 5) is 9.38. The number of rotatable bonds is 2. The van der Waals surface area contributed by atoms with Crippen LogP contribution < -0.4 is 0 Å². The van der Waals surface area contributed by atoms with Crippen LogP contribution in [-0.4, -0.2) is 20.2 Å². The molecule has 1 aromatic heterocycles. The highest BCUT2D eigenvalue weighted by Crippen LogP contribution is 2.31. The van der Waals surface area contributed by atoms with Gasteiger partial charge in [0.25, 0.3) is 0 Å². The Balaban J connectivity index is 0.00000102. The average molecular weight is 358 g/mol. The fourth-order valence-corrected chi connectivity index (χ4v) is 2.84. The number of fused-ring (bicyclic) bond motifs is 1. The summed E-state index contributed by atoms with van der Waals surface area (Å²) in [6.45, 7) is 4.00. The number of hydrogen-bond donors (Lipinski definition) is 2. The first kappa shape index (κ1) is 18.4. The minimum atomic E-state index is 0.100. The molecule has 136 valence electrons. The topological polar surface area (TPSA) is 66.2 Å². The van der Waals surface area contributed by atoms with Crippen molar-refractivity contribution in [2.45, 2.75) is 20.3 Å². The van der Waals surface area contributed by atoms with Gasteiger partial charge in [-0.15, -0.1) is 0 Å². The summed E-state index contributed by atoms with van der Waals surface area (Å²) in [6, 6.07) is 17.4. The van der Waals surface area contributed by atoms with E-state index in [9.17, 15) is 10.2 Å². The Morgan fingerprint density at radius 3 is 2.30 bits per heavy atom. The molecule has 0 unspecified atom stereocenters. The zero-order chi connectivity index (χ0) is 19.2. The summed E-state index contributed by atoms with van der Waals surface area (Å²) < 4.78 is 0. The SMILES string of the molecule is CC.OC1=CC=C(c2nc(-c3ccccc3)nc3ccccc23)C(O)=CC1. The molecule has 1 aliphatic carbocycles. The second-order valence-electron chi connectivity index (χ2n) is 5.81. The Morgan fingerprint density at radius 1 is 0.815 bits per heavy atom. The van der Waals surface area contributed by atoms with Crippen molar-refractivity contribution in [3.05, 3.63) is 90.0 Å². The van der Waals surface area contributed by atoms with Gasteiger partial charge in [0, 0.05) is 22.9 Å². The lowest BCUT2D eigenvalue weighted by Gasteiger charge is -2.11. The summed E-state index contributed by atoms with van der Waals surface area (Å²) in [6.07, 6.45) is 5.16. The van der Waals surface area contributed by atoms with E-state index < -0.39 is 0 Å². The molecule has 0 amide bonds. The molecule has 2 N–H and O–H groups in total. The number of nitrogens with zero attached hydrogens (tertiary/aromatic N) is 2. The van der Waals surface area contributed by atoms with Crippen LogP contribution in [0.1, 0.15) is 26.0 Å². The monoisotopic (exact) mass is 358 g/mol. The van der Waals surface area contributed by atoms with E-state index in [2.05, 4.69) is 4.98 Å². The Bertz CT molecular complexity index is 1030. The minimum Gasteiger partial charge on any atom is -0.512 e. The molecule has 0 saturated carbocycles. The first-order valence-corrected chi connectivity index (χ1v) is 9.04. The van der Waals surface area contributed by atoms with Gasteiger partial charge in [-0.25, -0.2) is 9.97 Å². The van der Waals surface area contributed by atoms with E-state index in [1.807, 2.05) is 68.4 Å². The minimum absolute atomic E-state index is 0.100. The second-order valence-corrected chi connectivity index (χ2v) is 5.81. The van der Waals surface area contributed by atoms with Crippen LogP contribution in [0.25, 0.3) is 27.9 Å². The van der Waals surface area contributed by atoms with Gasteiger partial charge < -0.3 is 10.2 Å². The molecule has 1 heterocycles. The Morgan fingerprint density at radius 2 is 1.52 bits per heavy atom. The van der Waals surface area contributed by atoms with Crippen molar-refractivity contribution >= 4 is 16.5 Å². The standard InChI is InChI=1S/C21H16N2O2.C2H6/c24-15-10-12-17(19(25)13-11-15)20-16-8-4-5-9-18(16)22-21(23-20)14-6-2-1-3-7-14;1-2/h1-10,12-13,24-25H,11H2;1-2H3. The maximum atomic E-state index is 10.4. The van der Waals surface area contributed by atoms with Crippen LogP contribution >= 0.6 is 0 Å². The predicted molar refractivity (Wildman–Crippen MR) is 110 cm³/mol. The lowest BCUT2D eigenvalue weighted by atomic mass is 10.0. The fraction of sp³-hybridized carbons (Fsp3) is 0.130. The van der Waals surface area contributed by atoms with E-state index >= 15 is 0 Å². The second kappa shape index (κ2) is 8.32. The Labute approximate surface area is 158 Å². The van der Waals surface area contributed by atoms with Crippen molar-refractivity contribution < 1.29 is 10.2 Å². The molecular weight excluding hydrogens is 336 g/mol. The molecule has 4 nitrogen and oxygen atoms in total. The summed E-state index contributed by atoms with van der Waals surface area (Å²) >= 11 is 0. The largest absolute Gasteiger partial charge is 0.512 e. The number of hydrogen-bond acceptors (Lipinski definition) is 4. The molecule has 0 spiro atoms. The molecule has 0 bridgehead atoms. The molecule has 0 aliphatic heterocycles. The molecule has 3 aromatic rings. The molecule has 0 radical (unpaired) electrons. The third-order valence-corrected chi connectivity index (χ3v) is 4.11. The zero-order valence-corrected chi connectivity index (χ0v) is 15.4. The van der Waals surface area contributed by atoms with Gasteiger partial charge in [-0.05, 0) is 24.3 Å². The van der Waals surface area contributed by atoms with Crippen LogP contribution in [0, 0.1) is 0 Å². The van der Waals surface area contributed by atoms with Gasteiger partial charge in [-0.3, -0.25) is 0 Å². The van der Waals surface area contributed by atoms with Crippen LogP contribution in [0.5, 0.6) is 0 Å². The molecule has 0 fully saturated rings. The van der Waals surface area contributed by atoms with E-state index in [-0.39, 0.29) is 11.5 Å². The molecule has 27 heavy (non-hydrogen) atoms. The van der Waals surface area contributed by atoms with E-state index in [0.717, 1.165) is 16.5 Å². The third-order valence-electron chi connectivity index (χ3n) is 4.11. The quantitative estimate of drug-likeness (QED) is 0.590. The summed E-state index contributed by atoms with van der Waals surface area (Å²) in [5.74, 6) is 0.895. The molecule has 2 aromatic carbocycles. The molecule has 4 rings (SSSR count). The zero-order valence-electron chi connectivity index (χ0n) is 15.4. The van der Waals surface area contributed by atoms with Crippen molar-refractivity contribution in [1.82, 2.24) is 9.97 Å². The van der Waals surface area contributed by atoms with Gasteiger partial charge in [-0.2, -0.15) is 0 Å². The summed E-state index contributed by atoms with van der Waals surface area (Å²) in [5.41, 5.74) is 2.92. The molecule has 4 heteroatoms. The first-order valence-electron chi connectivity index (χ1n) is 9.04. The van der Waals surface area contributed by atoms with Crippen molar-refractivity contribution in [3.63, 3.8) is 0 Å². The van der Waals surface area contributed by atoms with Crippen LogP contribution in [0.4, 0.5) is 0 Å². The van der Waals surface area contributed by atoms with Gasteiger partial charge in [0.15, 0.2) is 5.82 Å². The average Bonchev–Trinajstić information content (AvgIpc) is 2.90. The molecule has 0 saturated heterocycles. The van der Waals surface area contributed by atoms with Gasteiger partial charge in [0.1, 0.15) is 5.76 Å². The van der Waals surface area contributed by atoms with Crippen LogP contribution in [0.2, 0.25) is 0 Å². The normalized spacial score (nSPS) is 13.6. The fourth-order valence-electron chi connectivity index (χ4n) is 2.84. The van der Waals surface area contributed by atoms with Crippen LogP contribution in [0.15, 0.2) is 84.3 Å². The van der Waals surface area contributed by atoms with Crippen LogP contribution in [-0.2, 0) is 0 Å². The lowest BCUT2D eigenvalue weighted by Crippen LogP contribution is -1.99. The number of aliphatic hydroxyl groups excluding tert-OH is 2. The molecule has 0 atom stereocenters. The number of benzene rings is 2. The smallest absolute Gasteiger partial charge is 0.160 e. The maximum absolute atomic E-state index is 10.4. The number of para-hydroxylation sites is 1. The Hall–Kier alpha value is -3.40. The third kappa shape index (κ3) is 3.90. The van der Waals surface area contributed by atoms with E-state index in [1.165, 1.54) is 0 Å². The van der Waals surface area contributed by atoms with Gasteiger partial charge >= 0.3 is 0 Å². The predicted octanol–water partition coefficient (Wildman–Crippen LogP) is 5.99.